The van der Waals surface area contributed by atoms with Crippen LogP contribution in [0.3, 0.4) is 0 Å². The summed E-state index contributed by atoms with van der Waals surface area (Å²) in [6.07, 6.45) is 1.24. The fourth-order valence-electron chi connectivity index (χ4n) is 2.45. The van der Waals surface area contributed by atoms with Gasteiger partial charge in [0.15, 0.2) is 11.5 Å². The molecule has 6 heteroatoms. The van der Waals surface area contributed by atoms with Crippen molar-refractivity contribution in [3.05, 3.63) is 23.8 Å². The summed E-state index contributed by atoms with van der Waals surface area (Å²) < 4.78 is 15.7. The summed E-state index contributed by atoms with van der Waals surface area (Å²) >= 11 is 0. The van der Waals surface area contributed by atoms with Gasteiger partial charge in [-0.1, -0.05) is 13.3 Å². The Labute approximate surface area is 129 Å². The predicted octanol–water partition coefficient (Wildman–Crippen LogP) is 1.92. The standard InChI is InChI=1S/C16H21NO5/c1-4-7-16(2,15(19)20-3)17-14(18)11-5-6-12-13(10-11)22-9-8-21-12/h5-6,10H,4,7-9H2,1-3H3,(H,17,18)/t16-/m1/s1. The van der Waals surface area contributed by atoms with Gasteiger partial charge in [0, 0.05) is 5.56 Å². The molecular weight excluding hydrogens is 286 g/mol. The summed E-state index contributed by atoms with van der Waals surface area (Å²) in [5, 5.41) is 2.76. The zero-order valence-corrected chi connectivity index (χ0v) is 13.1. The van der Waals surface area contributed by atoms with Crippen LogP contribution in [0.1, 0.15) is 37.0 Å². The van der Waals surface area contributed by atoms with E-state index in [-0.39, 0.29) is 5.91 Å². The first-order valence-corrected chi connectivity index (χ1v) is 7.30. The number of hydrogen-bond donors (Lipinski definition) is 1. The topological polar surface area (TPSA) is 73.9 Å². The molecule has 0 aromatic heterocycles. The summed E-state index contributed by atoms with van der Waals surface area (Å²) in [7, 11) is 1.31. The molecule has 1 aliphatic rings. The Morgan fingerprint density at radius 2 is 1.95 bits per heavy atom. The number of esters is 1. The van der Waals surface area contributed by atoms with Crippen molar-refractivity contribution >= 4 is 11.9 Å². The number of methoxy groups -OCH3 is 1. The van der Waals surface area contributed by atoms with Gasteiger partial charge in [0.2, 0.25) is 0 Å². The summed E-state index contributed by atoms with van der Waals surface area (Å²) in [4.78, 5) is 24.4. The highest BCUT2D eigenvalue weighted by molar-refractivity contribution is 5.98. The van der Waals surface area contributed by atoms with Crippen LogP contribution in [0.15, 0.2) is 18.2 Å². The van der Waals surface area contributed by atoms with Crippen molar-refractivity contribution in [2.24, 2.45) is 0 Å². The Morgan fingerprint density at radius 1 is 1.27 bits per heavy atom. The van der Waals surface area contributed by atoms with Crippen molar-refractivity contribution in [2.45, 2.75) is 32.2 Å². The van der Waals surface area contributed by atoms with E-state index in [9.17, 15) is 9.59 Å². The first-order valence-electron chi connectivity index (χ1n) is 7.30. The Kier molecular flexibility index (Phi) is 4.90. The zero-order chi connectivity index (χ0) is 16.2. The third kappa shape index (κ3) is 3.32. The van der Waals surface area contributed by atoms with Crippen LogP contribution in [0.25, 0.3) is 0 Å². The molecule has 1 aliphatic heterocycles. The zero-order valence-electron chi connectivity index (χ0n) is 13.1. The number of nitrogens with one attached hydrogen (secondary N) is 1. The van der Waals surface area contributed by atoms with Crippen molar-refractivity contribution in [3.8, 4) is 11.5 Å². The van der Waals surface area contributed by atoms with E-state index >= 15 is 0 Å². The van der Waals surface area contributed by atoms with Gasteiger partial charge >= 0.3 is 5.97 Å². The normalized spacial score (nSPS) is 15.6. The minimum absolute atomic E-state index is 0.349. The van der Waals surface area contributed by atoms with Crippen LogP contribution in [0, 0.1) is 0 Å². The third-order valence-corrected chi connectivity index (χ3v) is 3.58. The first kappa shape index (κ1) is 16.1. The van der Waals surface area contributed by atoms with Crippen molar-refractivity contribution in [3.63, 3.8) is 0 Å². The van der Waals surface area contributed by atoms with Gasteiger partial charge in [-0.3, -0.25) is 4.79 Å². The molecule has 1 N–H and O–H groups in total. The molecule has 1 atom stereocenters. The van der Waals surface area contributed by atoms with Crippen molar-refractivity contribution in [2.75, 3.05) is 20.3 Å². The van der Waals surface area contributed by atoms with Gasteiger partial charge in [-0.2, -0.15) is 0 Å². The maximum Gasteiger partial charge on any atom is 0.331 e. The van der Waals surface area contributed by atoms with Crippen LogP contribution >= 0.6 is 0 Å². The fourth-order valence-corrected chi connectivity index (χ4v) is 2.45. The third-order valence-electron chi connectivity index (χ3n) is 3.58. The molecule has 120 valence electrons. The van der Waals surface area contributed by atoms with E-state index < -0.39 is 11.5 Å². The number of amides is 1. The predicted molar refractivity (Wildman–Crippen MR) is 80.2 cm³/mol. The van der Waals surface area contributed by atoms with Gasteiger partial charge in [-0.25, -0.2) is 4.79 Å². The molecule has 1 amide bonds. The summed E-state index contributed by atoms with van der Waals surface area (Å²) in [5.41, 5.74) is -0.635. The van der Waals surface area contributed by atoms with E-state index in [0.29, 0.717) is 36.7 Å². The molecule has 1 aromatic rings. The Morgan fingerprint density at radius 3 is 2.59 bits per heavy atom. The van der Waals surface area contributed by atoms with Gasteiger partial charge in [-0.15, -0.1) is 0 Å². The molecule has 1 heterocycles. The number of ether oxygens (including phenoxy) is 3. The van der Waals surface area contributed by atoms with Gasteiger partial charge in [0.1, 0.15) is 18.8 Å². The lowest BCUT2D eigenvalue weighted by molar-refractivity contribution is -0.147. The van der Waals surface area contributed by atoms with E-state index in [2.05, 4.69) is 5.32 Å². The molecule has 0 saturated carbocycles. The second-order valence-corrected chi connectivity index (χ2v) is 5.39. The highest BCUT2D eigenvalue weighted by Crippen LogP contribution is 2.31. The molecule has 0 bridgehead atoms. The maximum absolute atomic E-state index is 12.4. The van der Waals surface area contributed by atoms with E-state index in [1.807, 2.05) is 6.92 Å². The molecule has 0 fully saturated rings. The number of fused-ring (bicyclic) bond motifs is 1. The summed E-state index contributed by atoms with van der Waals surface area (Å²) in [5.74, 6) is 0.347. The fraction of sp³-hybridized carbons (Fsp3) is 0.500. The lowest BCUT2D eigenvalue weighted by atomic mass is 9.95. The van der Waals surface area contributed by atoms with Gasteiger partial charge in [-0.05, 0) is 31.5 Å². The van der Waals surface area contributed by atoms with Gasteiger partial charge in [0.25, 0.3) is 5.91 Å². The number of benzene rings is 1. The number of hydrogen-bond acceptors (Lipinski definition) is 5. The second kappa shape index (κ2) is 6.68. The Balaban J connectivity index is 2.18. The first-order chi connectivity index (χ1) is 10.5. The molecule has 0 unspecified atom stereocenters. The van der Waals surface area contributed by atoms with E-state index in [0.717, 1.165) is 6.42 Å². The monoisotopic (exact) mass is 307 g/mol. The average Bonchev–Trinajstić information content (AvgIpc) is 2.53. The maximum atomic E-state index is 12.4. The minimum Gasteiger partial charge on any atom is -0.486 e. The smallest absolute Gasteiger partial charge is 0.331 e. The van der Waals surface area contributed by atoms with Crippen molar-refractivity contribution in [1.29, 1.82) is 0 Å². The lowest BCUT2D eigenvalue weighted by Gasteiger charge is -2.27. The Hall–Kier alpha value is -2.24. The summed E-state index contributed by atoms with van der Waals surface area (Å²) in [6, 6.07) is 4.96. The number of carbonyl (C=O) groups excluding carboxylic acids is 2. The molecule has 0 aliphatic carbocycles. The molecule has 1 aromatic carbocycles. The molecule has 0 spiro atoms. The molecule has 6 nitrogen and oxygen atoms in total. The largest absolute Gasteiger partial charge is 0.486 e. The van der Waals surface area contributed by atoms with Crippen LogP contribution < -0.4 is 14.8 Å². The SMILES string of the molecule is CCC[C@@](C)(NC(=O)c1ccc2c(c1)OCCO2)C(=O)OC. The van der Waals surface area contributed by atoms with Gasteiger partial charge in [0.05, 0.1) is 7.11 Å². The van der Waals surface area contributed by atoms with Gasteiger partial charge < -0.3 is 19.5 Å². The highest BCUT2D eigenvalue weighted by Gasteiger charge is 2.35. The molecule has 0 saturated heterocycles. The van der Waals surface area contributed by atoms with Crippen molar-refractivity contribution < 1.29 is 23.8 Å². The van der Waals surface area contributed by atoms with Crippen LogP contribution in [0.5, 0.6) is 11.5 Å². The average molecular weight is 307 g/mol. The number of rotatable bonds is 5. The molecule has 2 rings (SSSR count). The van der Waals surface area contributed by atoms with Crippen LogP contribution in [-0.4, -0.2) is 37.7 Å². The van der Waals surface area contributed by atoms with E-state index in [4.69, 9.17) is 14.2 Å². The molecule has 22 heavy (non-hydrogen) atoms. The summed E-state index contributed by atoms with van der Waals surface area (Å²) in [6.45, 7) is 4.55. The lowest BCUT2D eigenvalue weighted by Crippen LogP contribution is -2.52. The van der Waals surface area contributed by atoms with E-state index in [1.54, 1.807) is 25.1 Å². The minimum atomic E-state index is -1.05. The number of carbonyl (C=O) groups is 2. The Bertz CT molecular complexity index is 572. The van der Waals surface area contributed by atoms with Crippen LogP contribution in [0.4, 0.5) is 0 Å². The molecular formula is C16H21NO5. The van der Waals surface area contributed by atoms with Crippen molar-refractivity contribution in [1.82, 2.24) is 5.32 Å². The second-order valence-electron chi connectivity index (χ2n) is 5.39. The van der Waals surface area contributed by atoms with E-state index in [1.165, 1.54) is 7.11 Å². The van der Waals surface area contributed by atoms with Crippen LogP contribution in [0.2, 0.25) is 0 Å². The molecule has 0 radical (unpaired) electrons. The quantitative estimate of drug-likeness (QED) is 0.841. The van der Waals surface area contributed by atoms with Crippen LogP contribution in [-0.2, 0) is 9.53 Å². The highest BCUT2D eigenvalue weighted by atomic mass is 16.6.